The highest BCUT2D eigenvalue weighted by Crippen LogP contribution is 2.25. The fourth-order valence-electron chi connectivity index (χ4n) is 4.20. The predicted molar refractivity (Wildman–Crippen MR) is 161 cm³/mol. The van der Waals surface area contributed by atoms with Crippen LogP contribution >= 0.6 is 0 Å². The first-order chi connectivity index (χ1) is 21.4. The Morgan fingerprint density at radius 1 is 1.00 bits per heavy atom. The molecule has 3 N–H and O–H groups in total. The van der Waals surface area contributed by atoms with Crippen molar-refractivity contribution in [1.82, 2.24) is 15.6 Å². The SMILES string of the molecule is O=C(CC(NC=NS(=O)(=O)c1ccccc1)S(=O)(=O)Cc1ccccc1OC(F)F)NCCCC(O)c1nc2ccccc2o1. The number of aliphatic hydroxyl groups excluding tert-OH is 1. The van der Waals surface area contributed by atoms with E-state index in [1.165, 1.54) is 48.5 Å². The maximum Gasteiger partial charge on any atom is 0.387 e. The Morgan fingerprint density at radius 3 is 2.42 bits per heavy atom. The molecule has 3 aromatic carbocycles. The van der Waals surface area contributed by atoms with E-state index in [2.05, 4.69) is 24.8 Å². The molecule has 1 aromatic heterocycles. The number of ether oxygens (including phenoxy) is 1. The number of nitrogens with one attached hydrogen (secondary N) is 2. The molecule has 240 valence electrons. The largest absolute Gasteiger partial charge is 0.438 e. The number of aromatic nitrogens is 1. The lowest BCUT2D eigenvalue weighted by molar-refractivity contribution is -0.121. The first kappa shape index (κ1) is 33.5. The van der Waals surface area contributed by atoms with Crippen LogP contribution in [0.25, 0.3) is 11.1 Å². The minimum Gasteiger partial charge on any atom is -0.438 e. The van der Waals surface area contributed by atoms with Crippen LogP contribution in [0.4, 0.5) is 8.78 Å². The number of oxazole rings is 1. The Kier molecular flexibility index (Phi) is 11.2. The van der Waals surface area contributed by atoms with Gasteiger partial charge in [-0.1, -0.05) is 48.5 Å². The molecule has 0 aliphatic carbocycles. The molecule has 0 bridgehead atoms. The highest BCUT2D eigenvalue weighted by atomic mass is 32.2. The minimum atomic E-state index is -4.35. The van der Waals surface area contributed by atoms with Gasteiger partial charge in [0.15, 0.2) is 15.4 Å². The average Bonchev–Trinajstić information content (AvgIpc) is 3.44. The molecule has 0 aliphatic heterocycles. The number of sulfone groups is 1. The molecule has 4 aromatic rings. The monoisotopic (exact) mass is 664 g/mol. The number of benzene rings is 3. The molecular weight excluding hydrogens is 634 g/mol. The molecular formula is C29H30F2N4O8S2. The summed E-state index contributed by atoms with van der Waals surface area (Å²) in [6, 6.07) is 19.5. The smallest absolute Gasteiger partial charge is 0.387 e. The fourth-order valence-corrected chi connectivity index (χ4v) is 6.57. The number of carbonyl (C=O) groups excluding carboxylic acids is 1. The molecule has 1 amide bonds. The van der Waals surface area contributed by atoms with Gasteiger partial charge in [-0.2, -0.15) is 17.2 Å². The summed E-state index contributed by atoms with van der Waals surface area (Å²) >= 11 is 0. The zero-order valence-corrected chi connectivity index (χ0v) is 25.3. The molecule has 45 heavy (non-hydrogen) atoms. The van der Waals surface area contributed by atoms with Gasteiger partial charge in [0.1, 0.15) is 29.1 Å². The number of carbonyl (C=O) groups is 1. The van der Waals surface area contributed by atoms with Gasteiger partial charge >= 0.3 is 6.61 Å². The predicted octanol–water partition coefficient (Wildman–Crippen LogP) is 3.70. The van der Waals surface area contributed by atoms with E-state index in [4.69, 9.17) is 4.42 Å². The van der Waals surface area contributed by atoms with Crippen molar-refractivity contribution in [3.05, 3.63) is 90.3 Å². The van der Waals surface area contributed by atoms with E-state index in [-0.39, 0.29) is 41.5 Å². The maximum atomic E-state index is 13.4. The van der Waals surface area contributed by atoms with Crippen LogP contribution < -0.4 is 15.4 Å². The molecule has 12 nitrogen and oxygen atoms in total. The van der Waals surface area contributed by atoms with Gasteiger partial charge in [-0.25, -0.2) is 13.4 Å². The molecule has 0 spiro atoms. The number of rotatable bonds is 16. The topological polar surface area (TPSA) is 177 Å². The van der Waals surface area contributed by atoms with Crippen molar-refractivity contribution in [2.75, 3.05) is 6.54 Å². The van der Waals surface area contributed by atoms with Gasteiger partial charge in [0.05, 0.1) is 17.1 Å². The Morgan fingerprint density at radius 2 is 1.69 bits per heavy atom. The molecule has 1 heterocycles. The van der Waals surface area contributed by atoms with Crippen molar-refractivity contribution in [2.45, 2.75) is 48.0 Å². The lowest BCUT2D eigenvalue weighted by Crippen LogP contribution is -2.41. The van der Waals surface area contributed by atoms with Gasteiger partial charge in [0, 0.05) is 12.1 Å². The Bertz CT molecular complexity index is 1800. The van der Waals surface area contributed by atoms with E-state index < -0.39 is 56.0 Å². The molecule has 0 fully saturated rings. The van der Waals surface area contributed by atoms with Crippen molar-refractivity contribution in [3.8, 4) is 5.75 Å². The van der Waals surface area contributed by atoms with E-state index in [0.29, 0.717) is 17.4 Å². The number of amides is 1. The van der Waals surface area contributed by atoms with Crippen LogP contribution in [0.15, 0.2) is 92.6 Å². The summed E-state index contributed by atoms with van der Waals surface area (Å²) in [5, 5.41) is 13.7. The summed E-state index contributed by atoms with van der Waals surface area (Å²) in [6.45, 7) is -3.14. The van der Waals surface area contributed by atoms with E-state index in [1.807, 2.05) is 0 Å². The highest BCUT2D eigenvalue weighted by molar-refractivity contribution is 7.91. The van der Waals surface area contributed by atoms with Crippen molar-refractivity contribution in [1.29, 1.82) is 0 Å². The second-order valence-corrected chi connectivity index (χ2v) is 13.5. The van der Waals surface area contributed by atoms with Gasteiger partial charge in [0.25, 0.3) is 10.0 Å². The van der Waals surface area contributed by atoms with E-state index in [9.17, 15) is 35.5 Å². The first-order valence-corrected chi connectivity index (χ1v) is 16.7. The van der Waals surface area contributed by atoms with Crippen LogP contribution in [0.3, 0.4) is 0 Å². The van der Waals surface area contributed by atoms with E-state index >= 15 is 0 Å². The summed E-state index contributed by atoms with van der Waals surface area (Å²) in [6.07, 6.45) is -0.590. The van der Waals surface area contributed by atoms with E-state index in [1.54, 1.807) is 30.3 Å². The molecule has 4 rings (SSSR count). The van der Waals surface area contributed by atoms with Gasteiger partial charge < -0.3 is 24.9 Å². The van der Waals surface area contributed by atoms with Crippen LogP contribution in [-0.4, -0.2) is 57.7 Å². The summed E-state index contributed by atoms with van der Waals surface area (Å²) in [7, 11) is -8.54. The van der Waals surface area contributed by atoms with Gasteiger partial charge in [-0.15, -0.1) is 4.40 Å². The molecule has 16 heteroatoms. The third kappa shape index (κ3) is 9.54. The number of aliphatic hydroxyl groups is 1. The number of halogens is 2. The standard InChI is InChI=1S/C29H30F2N4O8S2/c30-29(31)43-24-14-6-4-9-20(24)18-44(38,39)27(33-19-34-45(40,41)21-10-2-1-3-11-21)17-26(37)32-16-8-13-23(36)28-35-22-12-5-7-15-25(22)42-28/h1-7,9-12,14-15,19,23,27,29,36H,8,13,16-18H2,(H,32,37)(H,33,34). The van der Waals surface area contributed by atoms with Crippen molar-refractivity contribution >= 4 is 43.2 Å². The average molecular weight is 665 g/mol. The number of para-hydroxylation sites is 3. The Balaban J connectivity index is 1.42. The number of nitrogens with zero attached hydrogens (tertiary/aromatic N) is 2. The summed E-state index contributed by atoms with van der Waals surface area (Å²) < 4.78 is 91.1. The number of alkyl halides is 2. The van der Waals surface area contributed by atoms with Crippen LogP contribution in [0.2, 0.25) is 0 Å². The molecule has 0 saturated carbocycles. The normalized spacial score (nSPS) is 13.6. The molecule has 2 atom stereocenters. The second kappa shape index (κ2) is 15.0. The summed E-state index contributed by atoms with van der Waals surface area (Å²) in [5.41, 5.74) is 1.01. The molecule has 0 radical (unpaired) electrons. The van der Waals surface area contributed by atoms with Gasteiger partial charge in [-0.05, 0) is 43.2 Å². The Hall–Kier alpha value is -4.41. The van der Waals surface area contributed by atoms with Crippen LogP contribution in [0, 0.1) is 0 Å². The number of hydrogen-bond acceptors (Lipinski definition) is 9. The number of sulfonamides is 1. The maximum absolute atomic E-state index is 13.4. The van der Waals surface area contributed by atoms with Crippen LogP contribution in [0.5, 0.6) is 5.75 Å². The third-order valence-electron chi connectivity index (χ3n) is 6.41. The summed E-state index contributed by atoms with van der Waals surface area (Å²) in [4.78, 5) is 16.9. The highest BCUT2D eigenvalue weighted by Gasteiger charge is 2.29. The molecule has 2 unspecified atom stereocenters. The van der Waals surface area contributed by atoms with Gasteiger partial charge in [0.2, 0.25) is 11.8 Å². The van der Waals surface area contributed by atoms with Crippen LogP contribution in [0.1, 0.15) is 36.8 Å². The number of fused-ring (bicyclic) bond motifs is 1. The quantitative estimate of drug-likeness (QED) is 0.0909. The van der Waals surface area contributed by atoms with Crippen molar-refractivity contribution in [3.63, 3.8) is 0 Å². The molecule has 0 aliphatic rings. The van der Waals surface area contributed by atoms with Crippen LogP contribution in [-0.2, 0) is 30.4 Å². The third-order valence-corrected chi connectivity index (χ3v) is 9.55. The number of hydrogen-bond donors (Lipinski definition) is 3. The van der Waals surface area contributed by atoms with Gasteiger partial charge in [-0.3, -0.25) is 4.79 Å². The second-order valence-electron chi connectivity index (χ2n) is 9.70. The zero-order chi connectivity index (χ0) is 32.5. The van der Waals surface area contributed by atoms with E-state index in [0.717, 1.165) is 0 Å². The van der Waals surface area contributed by atoms with Crippen molar-refractivity contribution in [2.24, 2.45) is 4.40 Å². The summed E-state index contributed by atoms with van der Waals surface area (Å²) in [5.74, 6) is -1.77. The molecule has 0 saturated heterocycles. The lowest BCUT2D eigenvalue weighted by atomic mass is 10.2. The zero-order valence-electron chi connectivity index (χ0n) is 23.6. The first-order valence-electron chi connectivity index (χ1n) is 13.6. The lowest BCUT2D eigenvalue weighted by Gasteiger charge is -2.19. The fraction of sp³-hybridized carbons (Fsp3) is 0.276. The Labute approximate surface area is 258 Å². The minimum absolute atomic E-state index is 0.0599. The van der Waals surface area contributed by atoms with Crippen molar-refractivity contribution < 1.29 is 44.7 Å².